The van der Waals surface area contributed by atoms with Crippen LogP contribution in [0.15, 0.2) is 6.07 Å². The lowest BCUT2D eigenvalue weighted by molar-refractivity contribution is 0.381. The van der Waals surface area contributed by atoms with Gasteiger partial charge in [0.05, 0.1) is 5.56 Å². The maximum Gasteiger partial charge on any atom is 0.200 e. The van der Waals surface area contributed by atoms with Crippen LogP contribution < -0.4 is 0 Å². The van der Waals surface area contributed by atoms with Crippen LogP contribution >= 0.6 is 0 Å². The maximum atomic E-state index is 14.0. The number of aryl methyl sites for hydroxylation is 2. The fourth-order valence-corrected chi connectivity index (χ4v) is 2.49. The van der Waals surface area contributed by atoms with Crippen LogP contribution in [0, 0.1) is 56.8 Å². The molecule has 0 unspecified atom stereocenters. The van der Waals surface area contributed by atoms with Crippen molar-refractivity contribution in [2.45, 2.75) is 27.7 Å². The second kappa shape index (κ2) is 5.13. The van der Waals surface area contributed by atoms with E-state index in [-0.39, 0.29) is 5.56 Å². The fourth-order valence-electron chi connectivity index (χ4n) is 2.49. The first-order chi connectivity index (χ1) is 9.68. The van der Waals surface area contributed by atoms with Gasteiger partial charge in [-0.2, -0.15) is 0 Å². The molecular formula is C16H13F5. The number of benzene rings is 2. The first-order valence-electron chi connectivity index (χ1n) is 6.27. The summed E-state index contributed by atoms with van der Waals surface area (Å²) in [4.78, 5) is 0. The van der Waals surface area contributed by atoms with Crippen LogP contribution in [0.5, 0.6) is 0 Å². The highest BCUT2D eigenvalue weighted by atomic mass is 19.2. The summed E-state index contributed by atoms with van der Waals surface area (Å²) in [6, 6.07) is 1.66. The van der Waals surface area contributed by atoms with Crippen molar-refractivity contribution in [2.24, 2.45) is 0 Å². The standard InChI is InChI=1S/C16H13F5/c1-6-5-7(2)10(9(4)8(6)3)11-12(17)14(19)16(21)15(20)13(11)18/h5H,1-4H3. The number of rotatable bonds is 1. The second-order valence-electron chi connectivity index (χ2n) is 5.08. The van der Waals surface area contributed by atoms with Crippen LogP contribution in [-0.2, 0) is 0 Å². The quantitative estimate of drug-likeness (QED) is 0.382. The van der Waals surface area contributed by atoms with Crippen LogP contribution in [0.1, 0.15) is 22.3 Å². The van der Waals surface area contributed by atoms with E-state index in [4.69, 9.17) is 0 Å². The summed E-state index contributed by atoms with van der Waals surface area (Å²) in [5.74, 6) is -9.61. The van der Waals surface area contributed by atoms with E-state index >= 15 is 0 Å². The molecule has 0 aromatic heterocycles. The Morgan fingerprint density at radius 1 is 0.524 bits per heavy atom. The average Bonchev–Trinajstić information content (AvgIpc) is 2.44. The predicted molar refractivity (Wildman–Crippen MR) is 70.6 cm³/mol. The molecule has 5 heteroatoms. The minimum Gasteiger partial charge on any atom is -0.203 e. The summed E-state index contributed by atoms with van der Waals surface area (Å²) < 4.78 is 67.8. The SMILES string of the molecule is Cc1cc(C)c(-c2c(F)c(F)c(F)c(F)c2F)c(C)c1C. The Labute approximate surface area is 119 Å². The van der Waals surface area contributed by atoms with Crippen molar-refractivity contribution in [3.05, 3.63) is 57.4 Å². The molecule has 0 N–H and O–H groups in total. The third-order valence-electron chi connectivity index (χ3n) is 3.82. The highest BCUT2D eigenvalue weighted by Crippen LogP contribution is 2.37. The van der Waals surface area contributed by atoms with E-state index in [1.54, 1.807) is 26.8 Å². The van der Waals surface area contributed by atoms with Crippen molar-refractivity contribution in [2.75, 3.05) is 0 Å². The molecule has 21 heavy (non-hydrogen) atoms. The van der Waals surface area contributed by atoms with Gasteiger partial charge < -0.3 is 0 Å². The third-order valence-corrected chi connectivity index (χ3v) is 3.82. The predicted octanol–water partition coefficient (Wildman–Crippen LogP) is 5.28. The Balaban J connectivity index is 2.96. The molecule has 0 heterocycles. The largest absolute Gasteiger partial charge is 0.203 e. The van der Waals surface area contributed by atoms with Crippen LogP contribution in [0.3, 0.4) is 0 Å². The van der Waals surface area contributed by atoms with Gasteiger partial charge in [-0.25, -0.2) is 22.0 Å². The van der Waals surface area contributed by atoms with Crippen LogP contribution in [-0.4, -0.2) is 0 Å². The summed E-state index contributed by atoms with van der Waals surface area (Å²) in [7, 11) is 0. The average molecular weight is 300 g/mol. The first kappa shape index (κ1) is 15.5. The molecule has 0 bridgehead atoms. The number of hydrogen-bond donors (Lipinski definition) is 0. The molecule has 0 fully saturated rings. The lowest BCUT2D eigenvalue weighted by Gasteiger charge is -2.17. The second-order valence-corrected chi connectivity index (χ2v) is 5.08. The van der Waals surface area contributed by atoms with Crippen molar-refractivity contribution in [1.82, 2.24) is 0 Å². The van der Waals surface area contributed by atoms with E-state index in [2.05, 4.69) is 0 Å². The lowest BCUT2D eigenvalue weighted by atomic mass is 9.89. The Bertz CT molecular complexity index is 718. The number of hydrogen-bond acceptors (Lipinski definition) is 0. The minimum atomic E-state index is -2.15. The van der Waals surface area contributed by atoms with E-state index in [0.717, 1.165) is 11.1 Å². The molecule has 2 aromatic carbocycles. The topological polar surface area (TPSA) is 0 Å². The third kappa shape index (κ3) is 2.20. The molecular weight excluding hydrogens is 287 g/mol. The molecule has 0 spiro atoms. The summed E-state index contributed by atoms with van der Waals surface area (Å²) in [5, 5.41) is 0. The zero-order chi connectivity index (χ0) is 16.1. The van der Waals surface area contributed by atoms with E-state index in [1.165, 1.54) is 0 Å². The van der Waals surface area contributed by atoms with Crippen molar-refractivity contribution < 1.29 is 22.0 Å². The summed E-state index contributed by atoms with van der Waals surface area (Å²) in [6.45, 7) is 6.73. The van der Waals surface area contributed by atoms with Crippen molar-refractivity contribution >= 4 is 0 Å². The summed E-state index contributed by atoms with van der Waals surface area (Å²) in [5.41, 5.74) is 1.77. The highest BCUT2D eigenvalue weighted by Gasteiger charge is 2.28. The van der Waals surface area contributed by atoms with E-state index in [1.807, 2.05) is 6.92 Å². The van der Waals surface area contributed by atoms with E-state index in [9.17, 15) is 22.0 Å². The zero-order valence-electron chi connectivity index (χ0n) is 12.0. The molecule has 0 amide bonds. The molecule has 0 atom stereocenters. The zero-order valence-corrected chi connectivity index (χ0v) is 12.0. The van der Waals surface area contributed by atoms with Crippen LogP contribution in [0.2, 0.25) is 0 Å². The minimum absolute atomic E-state index is 0.0471. The molecule has 2 aromatic rings. The lowest BCUT2D eigenvalue weighted by Crippen LogP contribution is -2.06. The smallest absolute Gasteiger partial charge is 0.200 e. The van der Waals surface area contributed by atoms with Gasteiger partial charge in [0.25, 0.3) is 0 Å². The Morgan fingerprint density at radius 3 is 1.43 bits per heavy atom. The van der Waals surface area contributed by atoms with Crippen molar-refractivity contribution in [1.29, 1.82) is 0 Å². The van der Waals surface area contributed by atoms with Crippen LogP contribution in [0.25, 0.3) is 11.1 Å². The van der Waals surface area contributed by atoms with E-state index in [0.29, 0.717) is 11.1 Å². The van der Waals surface area contributed by atoms with Gasteiger partial charge in [-0.15, -0.1) is 0 Å². The molecule has 0 aliphatic rings. The van der Waals surface area contributed by atoms with Gasteiger partial charge in [-0.1, -0.05) is 6.07 Å². The van der Waals surface area contributed by atoms with Gasteiger partial charge in [0.15, 0.2) is 23.3 Å². The molecule has 2 rings (SSSR count). The van der Waals surface area contributed by atoms with Crippen LogP contribution in [0.4, 0.5) is 22.0 Å². The molecule has 0 aliphatic carbocycles. The van der Waals surface area contributed by atoms with Gasteiger partial charge >= 0.3 is 0 Å². The summed E-state index contributed by atoms with van der Waals surface area (Å²) in [6.07, 6.45) is 0. The number of halogens is 5. The van der Waals surface area contributed by atoms with Gasteiger partial charge in [0, 0.05) is 0 Å². The monoisotopic (exact) mass is 300 g/mol. The van der Waals surface area contributed by atoms with Gasteiger partial charge in [0.2, 0.25) is 5.82 Å². The van der Waals surface area contributed by atoms with E-state index < -0.39 is 34.6 Å². The van der Waals surface area contributed by atoms with Crippen molar-refractivity contribution in [3.8, 4) is 11.1 Å². The molecule has 0 nitrogen and oxygen atoms in total. The summed E-state index contributed by atoms with van der Waals surface area (Å²) >= 11 is 0. The molecule has 0 radical (unpaired) electrons. The Hall–Kier alpha value is -1.91. The fraction of sp³-hybridized carbons (Fsp3) is 0.250. The highest BCUT2D eigenvalue weighted by molar-refractivity contribution is 5.74. The molecule has 112 valence electrons. The molecule has 0 saturated carbocycles. The first-order valence-corrected chi connectivity index (χ1v) is 6.27. The van der Waals surface area contributed by atoms with Gasteiger partial charge in [-0.05, 0) is 55.5 Å². The molecule has 0 aliphatic heterocycles. The molecule has 0 saturated heterocycles. The van der Waals surface area contributed by atoms with Gasteiger partial charge in [-0.3, -0.25) is 0 Å². The normalized spacial score (nSPS) is 11.1. The Kier molecular flexibility index (Phi) is 3.78. The Morgan fingerprint density at radius 2 is 0.952 bits per heavy atom. The van der Waals surface area contributed by atoms with Gasteiger partial charge in [0.1, 0.15) is 0 Å². The van der Waals surface area contributed by atoms with Crippen molar-refractivity contribution in [3.63, 3.8) is 0 Å². The maximum absolute atomic E-state index is 14.0.